The maximum absolute atomic E-state index is 15.6. The maximum atomic E-state index is 15.6. The van der Waals surface area contributed by atoms with E-state index in [0.717, 1.165) is 6.92 Å². The first-order valence-electron chi connectivity index (χ1n) is 18.0. The van der Waals surface area contributed by atoms with Crippen LogP contribution >= 0.6 is 0 Å². The van der Waals surface area contributed by atoms with E-state index in [4.69, 9.17) is 42.6 Å². The lowest BCUT2D eigenvalue weighted by Crippen LogP contribution is -2.76. The minimum atomic E-state index is -2.82. The normalized spacial score (nSPS) is 33.0. The summed E-state index contributed by atoms with van der Waals surface area (Å²) in [5.41, 5.74) is -11.8. The van der Waals surface area contributed by atoms with Crippen LogP contribution in [-0.4, -0.2) is 106 Å². The summed E-state index contributed by atoms with van der Waals surface area (Å²) in [7, 11) is 0. The predicted octanol–water partition coefficient (Wildman–Crippen LogP) is 5.44. The Morgan fingerprint density at radius 2 is 1.29 bits per heavy atom. The number of aliphatic hydroxyl groups is 1. The van der Waals surface area contributed by atoms with Crippen LogP contribution in [0, 0.1) is 16.7 Å². The highest BCUT2D eigenvalue weighted by Gasteiger charge is 2.79. The van der Waals surface area contributed by atoms with Crippen molar-refractivity contribution < 1.29 is 81.3 Å². The minimum absolute atomic E-state index is 0.00240. The van der Waals surface area contributed by atoms with Crippen LogP contribution in [0.5, 0.6) is 0 Å². The number of hydrogen-bond acceptors (Lipinski definition) is 17. The van der Waals surface area contributed by atoms with Crippen LogP contribution in [0.25, 0.3) is 0 Å². The highest BCUT2D eigenvalue weighted by molar-refractivity contribution is 6.00. The summed E-state index contributed by atoms with van der Waals surface area (Å²) in [6.45, 7) is 20.1. The molecule has 17 heteroatoms. The van der Waals surface area contributed by atoms with Crippen LogP contribution in [0.1, 0.15) is 110 Å². The Hall–Kier alpha value is -4.41. The van der Waals surface area contributed by atoms with Gasteiger partial charge in [0.2, 0.25) is 0 Å². The number of carbonyl (C=O) groups excluding carboxylic acids is 7. The summed E-state index contributed by atoms with van der Waals surface area (Å²) >= 11 is 0. The highest BCUT2D eigenvalue weighted by Crippen LogP contribution is 2.64. The second kappa shape index (κ2) is 14.0. The van der Waals surface area contributed by atoms with E-state index in [2.05, 4.69) is 0 Å². The molecule has 308 valence electrons. The molecule has 0 aromatic heterocycles. The van der Waals surface area contributed by atoms with Gasteiger partial charge in [-0.15, -0.1) is 0 Å². The first-order chi connectivity index (χ1) is 24.8. The number of carbonyl (C=O) groups is 7. The second-order valence-electron chi connectivity index (χ2n) is 18.3. The van der Waals surface area contributed by atoms with Crippen molar-refractivity contribution in [2.75, 3.05) is 6.61 Å². The van der Waals surface area contributed by atoms with Gasteiger partial charge in [-0.1, -0.05) is 13.8 Å². The van der Waals surface area contributed by atoms with Crippen molar-refractivity contribution in [1.82, 2.24) is 0 Å². The molecule has 0 unspecified atom stereocenters. The van der Waals surface area contributed by atoms with Crippen LogP contribution in [0.3, 0.4) is 0 Å². The molecule has 3 aliphatic carbocycles. The Bertz CT molecular complexity index is 1670. The maximum Gasteiger partial charge on any atom is 0.509 e. The van der Waals surface area contributed by atoms with E-state index in [1.807, 2.05) is 0 Å². The van der Waals surface area contributed by atoms with Crippen LogP contribution in [0.4, 0.5) is 19.2 Å². The fraction of sp³-hybridized carbons (Fsp3) is 0.763. The van der Waals surface area contributed by atoms with E-state index >= 15 is 4.79 Å². The molecule has 8 atom stereocenters. The van der Waals surface area contributed by atoms with Gasteiger partial charge in [-0.3, -0.25) is 14.4 Å². The summed E-state index contributed by atoms with van der Waals surface area (Å²) in [6, 6.07) is 0. The zero-order valence-electron chi connectivity index (χ0n) is 34.0. The predicted molar refractivity (Wildman–Crippen MR) is 186 cm³/mol. The number of hydrogen-bond donors (Lipinski definition) is 1. The largest absolute Gasteiger partial charge is 0.509 e. The summed E-state index contributed by atoms with van der Waals surface area (Å²) in [5, 5.41) is 12.6. The number of ketones is 2. The highest BCUT2D eigenvalue weighted by atomic mass is 16.8. The molecule has 0 radical (unpaired) electrons. The van der Waals surface area contributed by atoms with Crippen LogP contribution < -0.4 is 0 Å². The van der Waals surface area contributed by atoms with Gasteiger partial charge in [0.1, 0.15) is 35.6 Å². The number of Topliss-reactive ketones (excluding diaryl/α,β-unsaturated/α-hetero) is 2. The molecule has 1 aliphatic heterocycles. The van der Waals surface area contributed by atoms with Gasteiger partial charge in [-0.05, 0) is 87.3 Å². The molecule has 0 aromatic rings. The topological polar surface area (TPSA) is 223 Å². The molecule has 4 aliphatic rings. The monoisotopic (exact) mass is 782 g/mol. The lowest BCUT2D eigenvalue weighted by atomic mass is 9.45. The van der Waals surface area contributed by atoms with E-state index in [9.17, 15) is 33.9 Å². The van der Waals surface area contributed by atoms with Crippen molar-refractivity contribution in [1.29, 1.82) is 0 Å². The number of fused-ring (bicyclic) bond motifs is 3. The molecular weight excluding hydrogens is 728 g/mol. The Labute approximate surface area is 319 Å². The zero-order chi connectivity index (χ0) is 42.1. The van der Waals surface area contributed by atoms with Gasteiger partial charge < -0.3 is 47.7 Å². The molecule has 2 saturated carbocycles. The Morgan fingerprint density at radius 1 is 0.800 bits per heavy atom. The third-order valence-electron chi connectivity index (χ3n) is 10.4. The van der Waals surface area contributed by atoms with Crippen molar-refractivity contribution in [2.24, 2.45) is 16.7 Å². The number of esters is 1. The Kier molecular flexibility index (Phi) is 11.0. The summed E-state index contributed by atoms with van der Waals surface area (Å²) in [4.78, 5) is 95.7. The molecule has 17 nitrogen and oxygen atoms in total. The van der Waals surface area contributed by atoms with Crippen molar-refractivity contribution >= 4 is 42.2 Å². The van der Waals surface area contributed by atoms with E-state index in [-0.39, 0.29) is 17.6 Å². The van der Waals surface area contributed by atoms with E-state index in [1.54, 1.807) is 76.2 Å². The first-order valence-corrected chi connectivity index (χ1v) is 18.0. The second-order valence-corrected chi connectivity index (χ2v) is 18.3. The summed E-state index contributed by atoms with van der Waals surface area (Å²) in [6.07, 6.45) is -13.1. The molecule has 1 saturated heterocycles. The summed E-state index contributed by atoms with van der Waals surface area (Å²) in [5.74, 6) is -4.94. The smallest absolute Gasteiger partial charge is 0.462 e. The average Bonchev–Trinajstić information content (AvgIpc) is 3.29. The molecule has 0 aromatic carbocycles. The van der Waals surface area contributed by atoms with Crippen molar-refractivity contribution in [2.45, 2.75) is 162 Å². The molecule has 1 spiro atoms. The van der Waals surface area contributed by atoms with Crippen molar-refractivity contribution in [3.8, 4) is 0 Å². The van der Waals surface area contributed by atoms with Crippen molar-refractivity contribution in [3.05, 3.63) is 11.1 Å². The summed E-state index contributed by atoms with van der Waals surface area (Å²) < 4.78 is 50.9. The molecular formula is C38H54O17. The molecule has 1 N–H and O–H groups in total. The van der Waals surface area contributed by atoms with E-state index in [1.165, 1.54) is 13.8 Å². The van der Waals surface area contributed by atoms with Gasteiger partial charge in [0.25, 0.3) is 0 Å². The molecule has 55 heavy (non-hydrogen) atoms. The Balaban J connectivity index is 2.11. The molecule has 2 bridgehead atoms. The first kappa shape index (κ1) is 43.3. The third kappa shape index (κ3) is 8.12. The quantitative estimate of drug-likeness (QED) is 0.208. The van der Waals surface area contributed by atoms with Crippen LogP contribution in [-0.2, 0) is 57.0 Å². The fourth-order valence-electron chi connectivity index (χ4n) is 8.18. The SMILES string of the molecule is CC(=O)OC[C@]1(O)C(=O)C[C@H](OC(=O)OC(C)(C)C)[C@@]2(C)C(=O)[C@H](OC(=O)OC(C)(C)C)C3=C(C)[C@@H](OC(=O)OC(C)(C)C)C[C@]4(OC(=O)O[C@H]4[C@@H]21)C3(C)C. The van der Waals surface area contributed by atoms with Crippen LogP contribution in [0.15, 0.2) is 11.1 Å². The number of rotatable bonds is 5. The van der Waals surface area contributed by atoms with Crippen LogP contribution in [0.2, 0.25) is 0 Å². The van der Waals surface area contributed by atoms with Gasteiger partial charge in [-0.25, -0.2) is 19.2 Å². The zero-order valence-corrected chi connectivity index (χ0v) is 34.0. The fourth-order valence-corrected chi connectivity index (χ4v) is 8.18. The third-order valence-corrected chi connectivity index (χ3v) is 10.4. The van der Waals surface area contributed by atoms with E-state index in [0.29, 0.717) is 0 Å². The molecule has 1 heterocycles. The number of ether oxygens (including phenoxy) is 9. The lowest BCUT2D eigenvalue weighted by molar-refractivity contribution is -0.231. The van der Waals surface area contributed by atoms with E-state index < -0.39 is 124 Å². The Morgan fingerprint density at radius 3 is 1.78 bits per heavy atom. The van der Waals surface area contributed by atoms with Gasteiger partial charge in [0.15, 0.2) is 35.0 Å². The average molecular weight is 783 g/mol. The van der Waals surface area contributed by atoms with Gasteiger partial charge in [-0.2, -0.15) is 0 Å². The van der Waals surface area contributed by atoms with Gasteiger partial charge in [0.05, 0.1) is 11.3 Å². The molecule has 0 amide bonds. The standard InChI is InChI=1S/C38H54O17/c1-18-20(48-28(42)52-32(3,4)5)16-38-27(51-31(45)55-38)25-36(14,26(41)24(23(18)35(38,12)13)50-30(44)54-34(9,10)11)22(49-29(43)53-33(6,7)8)15-21(40)37(25,46)17-47-19(2)39/h20,22,24-25,27,46H,15-17H2,1-14H3/t20-,22-,24+,25-,27-,36+,37-,38+/m0/s1. The molecule has 4 rings (SSSR count). The minimum Gasteiger partial charge on any atom is -0.462 e. The van der Waals surface area contributed by atoms with Crippen molar-refractivity contribution in [3.63, 3.8) is 0 Å². The van der Waals surface area contributed by atoms with Gasteiger partial charge >= 0.3 is 30.6 Å². The lowest BCUT2D eigenvalue weighted by Gasteiger charge is -2.61. The molecule has 3 fully saturated rings. The van der Waals surface area contributed by atoms with Gasteiger partial charge in [0, 0.05) is 25.2 Å².